The van der Waals surface area contributed by atoms with Gasteiger partial charge in [0.2, 0.25) is 5.88 Å². The van der Waals surface area contributed by atoms with Crippen LogP contribution in [0.3, 0.4) is 0 Å². The molecule has 40 heavy (non-hydrogen) atoms. The van der Waals surface area contributed by atoms with Gasteiger partial charge in [-0.3, -0.25) is 14.5 Å². The lowest BCUT2D eigenvalue weighted by molar-refractivity contribution is -0.138. The number of piperidine rings is 1. The van der Waals surface area contributed by atoms with E-state index in [1.807, 2.05) is 30.0 Å². The third kappa shape index (κ3) is 6.31. The predicted octanol–water partition coefficient (Wildman–Crippen LogP) is 5.60. The second-order valence-corrected chi connectivity index (χ2v) is 10.9. The van der Waals surface area contributed by atoms with E-state index >= 15 is 0 Å². The number of nitrogens with zero attached hydrogens (tertiary/aromatic N) is 5. The molecule has 10 nitrogen and oxygen atoms in total. The van der Waals surface area contributed by atoms with E-state index in [4.69, 9.17) is 28.3 Å². The molecule has 1 fully saturated rings. The first-order valence-electron chi connectivity index (χ1n) is 12.7. The number of hydrogen-bond acceptors (Lipinski definition) is 8. The maximum absolute atomic E-state index is 13.6. The summed E-state index contributed by atoms with van der Waals surface area (Å²) in [5.41, 5.74) is 1.55. The van der Waals surface area contributed by atoms with Crippen molar-refractivity contribution >= 4 is 40.5 Å². The second-order valence-electron chi connectivity index (χ2n) is 10.1. The van der Waals surface area contributed by atoms with E-state index in [0.717, 1.165) is 4.57 Å². The highest BCUT2D eigenvalue weighted by Crippen LogP contribution is 2.40. The number of rotatable bonds is 8. The number of benzene rings is 2. The average molecular weight is 588 g/mol. The van der Waals surface area contributed by atoms with Crippen LogP contribution in [0.15, 0.2) is 51.4 Å². The van der Waals surface area contributed by atoms with Crippen molar-refractivity contribution in [3.63, 3.8) is 0 Å². The van der Waals surface area contributed by atoms with E-state index in [1.54, 1.807) is 25.1 Å². The zero-order valence-corrected chi connectivity index (χ0v) is 23.9. The van der Waals surface area contributed by atoms with Crippen molar-refractivity contribution in [2.24, 2.45) is 10.2 Å². The summed E-state index contributed by atoms with van der Waals surface area (Å²) in [5.74, 6) is -1.10. The second kappa shape index (κ2) is 12.4. The largest absolute Gasteiger partial charge is 0.505 e. The molecule has 1 aliphatic heterocycles. The molecule has 12 heteroatoms. The molecule has 3 aromatic rings. The third-order valence-electron chi connectivity index (χ3n) is 7.02. The van der Waals surface area contributed by atoms with E-state index in [1.165, 1.54) is 12.1 Å². The molecule has 0 radical (unpaired) electrons. The fourth-order valence-corrected chi connectivity index (χ4v) is 5.24. The van der Waals surface area contributed by atoms with E-state index in [9.17, 15) is 19.8 Å². The van der Waals surface area contributed by atoms with Crippen LogP contribution >= 0.6 is 23.2 Å². The number of aliphatic carboxylic acids is 1. The highest BCUT2D eigenvalue weighted by molar-refractivity contribution is 6.42. The molecule has 0 spiro atoms. The van der Waals surface area contributed by atoms with Gasteiger partial charge in [-0.05, 0) is 88.3 Å². The molecule has 1 saturated heterocycles. The first-order valence-corrected chi connectivity index (χ1v) is 13.5. The number of hydrogen-bond donors (Lipinski definition) is 3. The minimum Gasteiger partial charge on any atom is -0.505 e. The van der Waals surface area contributed by atoms with Gasteiger partial charge in [0.15, 0.2) is 5.69 Å². The SMILES string of the molecule is Cc1c(CN(C)C)c(O)n(-c2ccc(Cl)c(Cl)c2)c(=O)c1N=Nc1cccc(C2CCN(CC(=O)O)CC2)c1O. The van der Waals surface area contributed by atoms with Crippen LogP contribution in [0.5, 0.6) is 11.6 Å². The molecule has 1 aliphatic rings. The normalized spacial score (nSPS) is 14.8. The lowest BCUT2D eigenvalue weighted by Gasteiger charge is -2.31. The number of carboxylic acid groups (broad SMARTS) is 1. The van der Waals surface area contributed by atoms with Gasteiger partial charge < -0.3 is 20.2 Å². The summed E-state index contributed by atoms with van der Waals surface area (Å²) in [7, 11) is 3.68. The number of likely N-dealkylation sites (tertiary alicyclic amines) is 1. The molecular formula is C28H31Cl2N5O5. The number of phenols is 1. The highest BCUT2D eigenvalue weighted by Gasteiger charge is 2.25. The molecule has 4 rings (SSSR count). The summed E-state index contributed by atoms with van der Waals surface area (Å²) in [5, 5.41) is 40.3. The van der Waals surface area contributed by atoms with Crippen LogP contribution in [0, 0.1) is 6.92 Å². The molecule has 0 saturated carbocycles. The lowest BCUT2D eigenvalue weighted by Crippen LogP contribution is -2.36. The zero-order chi connectivity index (χ0) is 29.1. The number of aromatic hydroxyl groups is 2. The number of pyridine rings is 1. The van der Waals surface area contributed by atoms with E-state index in [0.29, 0.717) is 59.9 Å². The van der Waals surface area contributed by atoms with E-state index in [-0.39, 0.29) is 40.5 Å². The Labute approximate surface area is 241 Å². The Bertz CT molecular complexity index is 1510. The summed E-state index contributed by atoms with van der Waals surface area (Å²) in [6, 6.07) is 9.79. The minimum atomic E-state index is -0.861. The van der Waals surface area contributed by atoms with E-state index < -0.39 is 11.5 Å². The van der Waals surface area contributed by atoms with Gasteiger partial charge in [-0.25, -0.2) is 4.57 Å². The first-order chi connectivity index (χ1) is 19.0. The van der Waals surface area contributed by atoms with Crippen LogP contribution in [0.4, 0.5) is 11.4 Å². The molecule has 1 aromatic heterocycles. The van der Waals surface area contributed by atoms with Crippen LogP contribution in [0.25, 0.3) is 5.69 Å². The summed E-state index contributed by atoms with van der Waals surface area (Å²) in [6.45, 7) is 3.22. The Morgan fingerprint density at radius 3 is 2.40 bits per heavy atom. The average Bonchev–Trinajstić information content (AvgIpc) is 2.89. The molecule has 3 N–H and O–H groups in total. The summed E-state index contributed by atoms with van der Waals surface area (Å²) < 4.78 is 1.11. The van der Waals surface area contributed by atoms with Crippen molar-refractivity contribution < 1.29 is 20.1 Å². The number of azo groups is 1. The van der Waals surface area contributed by atoms with Gasteiger partial charge in [0.05, 0.1) is 22.3 Å². The standard InChI is InChI=1S/C28H31Cl2N5O5/c1-16-20(14-33(2)3)27(39)35(18-7-8-21(29)22(30)13-18)28(40)25(16)32-31-23-6-4-5-19(26(23)38)17-9-11-34(12-10-17)15-24(36)37/h4-8,13,17,38-39H,9-12,14-15H2,1-3H3,(H,36,37). The molecule has 0 bridgehead atoms. The molecule has 0 aliphatic carbocycles. The van der Waals surface area contributed by atoms with E-state index in [2.05, 4.69) is 10.2 Å². The van der Waals surface area contributed by atoms with Gasteiger partial charge in [0.25, 0.3) is 5.56 Å². The first kappa shape index (κ1) is 29.5. The molecule has 0 amide bonds. The molecule has 0 atom stereocenters. The van der Waals surface area contributed by atoms with Gasteiger partial charge in [0.1, 0.15) is 11.4 Å². The van der Waals surface area contributed by atoms with Gasteiger partial charge in [-0.2, -0.15) is 0 Å². The Balaban J connectivity index is 1.73. The number of phenolic OH excluding ortho intramolecular Hbond substituents is 1. The number of aromatic nitrogens is 1. The van der Waals surface area contributed by atoms with Crippen LogP contribution in [-0.4, -0.2) is 69.4 Å². The van der Waals surface area contributed by atoms with Crippen LogP contribution in [-0.2, 0) is 11.3 Å². The molecule has 2 heterocycles. The molecule has 212 valence electrons. The van der Waals surface area contributed by atoms with Crippen molar-refractivity contribution in [3.8, 4) is 17.3 Å². The van der Waals surface area contributed by atoms with Gasteiger partial charge >= 0.3 is 5.97 Å². The van der Waals surface area contributed by atoms with Crippen LogP contribution in [0.1, 0.15) is 35.4 Å². The number of para-hydroxylation sites is 1. The Hall–Kier alpha value is -3.44. The summed E-state index contributed by atoms with van der Waals surface area (Å²) in [6.07, 6.45) is 1.39. The Morgan fingerprint density at radius 2 is 1.77 bits per heavy atom. The smallest absolute Gasteiger partial charge is 0.317 e. The summed E-state index contributed by atoms with van der Waals surface area (Å²) in [4.78, 5) is 28.4. The van der Waals surface area contributed by atoms with Crippen LogP contribution < -0.4 is 5.56 Å². The van der Waals surface area contributed by atoms with Crippen molar-refractivity contribution in [2.75, 3.05) is 33.7 Å². The van der Waals surface area contributed by atoms with Crippen molar-refractivity contribution in [3.05, 3.63) is 73.5 Å². The highest BCUT2D eigenvalue weighted by atomic mass is 35.5. The van der Waals surface area contributed by atoms with Gasteiger partial charge in [-0.15, -0.1) is 10.2 Å². The Morgan fingerprint density at radius 1 is 1.07 bits per heavy atom. The molecule has 0 unspecified atom stereocenters. The quantitative estimate of drug-likeness (QED) is 0.292. The Kier molecular flexibility index (Phi) is 9.15. The fourth-order valence-electron chi connectivity index (χ4n) is 4.95. The number of carboxylic acids is 1. The molecule has 2 aromatic carbocycles. The van der Waals surface area contributed by atoms with Crippen LogP contribution in [0.2, 0.25) is 10.0 Å². The van der Waals surface area contributed by atoms with Crippen molar-refractivity contribution in [2.45, 2.75) is 32.2 Å². The zero-order valence-electron chi connectivity index (χ0n) is 22.4. The number of carbonyl (C=O) groups is 1. The number of halogens is 2. The predicted molar refractivity (Wildman–Crippen MR) is 154 cm³/mol. The third-order valence-corrected chi connectivity index (χ3v) is 7.76. The monoisotopic (exact) mass is 587 g/mol. The van der Waals surface area contributed by atoms with Crippen molar-refractivity contribution in [1.29, 1.82) is 0 Å². The lowest BCUT2D eigenvalue weighted by atomic mass is 9.88. The van der Waals surface area contributed by atoms with Crippen molar-refractivity contribution in [1.82, 2.24) is 14.4 Å². The minimum absolute atomic E-state index is 0.00546. The van der Waals surface area contributed by atoms with Gasteiger partial charge in [-0.1, -0.05) is 35.3 Å². The molecular weight excluding hydrogens is 557 g/mol. The maximum atomic E-state index is 13.6. The topological polar surface area (TPSA) is 131 Å². The van der Waals surface area contributed by atoms with Gasteiger partial charge in [0, 0.05) is 12.1 Å². The summed E-state index contributed by atoms with van der Waals surface area (Å²) >= 11 is 12.3. The maximum Gasteiger partial charge on any atom is 0.317 e. The fraction of sp³-hybridized carbons (Fsp3) is 0.357.